The van der Waals surface area contributed by atoms with Crippen molar-refractivity contribution in [2.75, 3.05) is 13.7 Å². The van der Waals surface area contributed by atoms with E-state index in [-0.39, 0.29) is 12.2 Å². The number of aliphatic hydroxyl groups is 6. The van der Waals surface area contributed by atoms with Gasteiger partial charge in [0.25, 0.3) is 0 Å². The molecule has 8 nitrogen and oxygen atoms in total. The topological polar surface area (TPSA) is 140 Å². The van der Waals surface area contributed by atoms with Gasteiger partial charge in [-0.15, -0.1) is 0 Å². The van der Waals surface area contributed by atoms with Crippen LogP contribution in [0.25, 0.3) is 0 Å². The van der Waals surface area contributed by atoms with E-state index in [1.54, 1.807) is 37.4 Å². The molecule has 1 saturated heterocycles. The Hall–Kier alpha value is -2.04. The summed E-state index contributed by atoms with van der Waals surface area (Å²) in [6.07, 6.45) is -7.04. The van der Waals surface area contributed by atoms with E-state index in [4.69, 9.17) is 9.47 Å². The summed E-state index contributed by atoms with van der Waals surface area (Å²) in [7, 11) is 1.57. The average Bonchev–Trinajstić information content (AvgIpc) is 2.76. The van der Waals surface area contributed by atoms with Gasteiger partial charge in [-0.2, -0.15) is 0 Å². The zero-order chi connectivity index (χ0) is 22.8. The van der Waals surface area contributed by atoms with E-state index >= 15 is 0 Å². The molecular weight excluding hydrogens is 404 g/mol. The van der Waals surface area contributed by atoms with E-state index in [2.05, 4.69) is 0 Å². The van der Waals surface area contributed by atoms with Crippen LogP contribution in [0.15, 0.2) is 42.5 Å². The molecule has 0 unspecified atom stereocenters. The molecule has 8 heteroatoms. The second kappa shape index (κ2) is 9.62. The third-order valence-corrected chi connectivity index (χ3v) is 5.72. The minimum absolute atomic E-state index is 0.114. The number of aliphatic hydroxyl groups excluding tert-OH is 5. The summed E-state index contributed by atoms with van der Waals surface area (Å²) < 4.78 is 10.8. The standard InChI is InChI=1S/C23H30O8/c1-13(25)21-19(26)20(27)22(28)23(29,31-21)18-12-15(9-10-24)3-6-16(18)11-14-4-7-17(30-2)8-5-14/h3-8,12-13,19-22,24-29H,9-11H2,1-2H3/t13-,19-,20-,21+,22+,23+/m0/s1. The number of hydrogen-bond donors (Lipinski definition) is 6. The SMILES string of the molecule is COc1ccc(Cc2ccc(CCO)cc2[C@@]2(O)O[C@H]([C@H](C)O)[C@@H](O)[C@H](O)[C@H]2O)cc1. The highest BCUT2D eigenvalue weighted by atomic mass is 16.7. The zero-order valence-electron chi connectivity index (χ0n) is 17.5. The van der Waals surface area contributed by atoms with Crippen molar-refractivity contribution in [2.24, 2.45) is 0 Å². The molecule has 31 heavy (non-hydrogen) atoms. The molecular formula is C23H30O8. The largest absolute Gasteiger partial charge is 0.497 e. The van der Waals surface area contributed by atoms with Crippen LogP contribution < -0.4 is 4.74 Å². The Morgan fingerprint density at radius 2 is 1.68 bits per heavy atom. The summed E-state index contributed by atoms with van der Waals surface area (Å²) in [4.78, 5) is 0. The molecule has 0 saturated carbocycles. The lowest BCUT2D eigenvalue weighted by molar-refractivity contribution is -0.364. The lowest BCUT2D eigenvalue weighted by atomic mass is 9.83. The van der Waals surface area contributed by atoms with Crippen LogP contribution in [0.5, 0.6) is 5.75 Å². The molecule has 1 fully saturated rings. The maximum Gasteiger partial charge on any atom is 0.222 e. The van der Waals surface area contributed by atoms with Gasteiger partial charge in [0.2, 0.25) is 5.79 Å². The summed E-state index contributed by atoms with van der Waals surface area (Å²) in [5.74, 6) is -1.68. The van der Waals surface area contributed by atoms with Crippen LogP contribution in [0.1, 0.15) is 29.2 Å². The van der Waals surface area contributed by atoms with Gasteiger partial charge in [-0.1, -0.05) is 24.3 Å². The van der Waals surface area contributed by atoms with Gasteiger partial charge in [0.1, 0.15) is 30.2 Å². The minimum atomic E-state index is -2.38. The third kappa shape index (κ3) is 4.75. The predicted molar refractivity (Wildman–Crippen MR) is 112 cm³/mol. The van der Waals surface area contributed by atoms with Crippen molar-refractivity contribution in [1.82, 2.24) is 0 Å². The van der Waals surface area contributed by atoms with Gasteiger partial charge >= 0.3 is 0 Å². The minimum Gasteiger partial charge on any atom is -0.497 e. The summed E-state index contributed by atoms with van der Waals surface area (Å²) in [5, 5.41) is 62.0. The van der Waals surface area contributed by atoms with Crippen molar-refractivity contribution in [2.45, 2.75) is 56.1 Å². The highest BCUT2D eigenvalue weighted by Crippen LogP contribution is 2.39. The molecule has 1 aliphatic rings. The second-order valence-electron chi connectivity index (χ2n) is 7.94. The first-order valence-corrected chi connectivity index (χ1v) is 10.2. The van der Waals surface area contributed by atoms with E-state index < -0.39 is 36.3 Å². The van der Waals surface area contributed by atoms with Crippen molar-refractivity contribution in [3.8, 4) is 5.75 Å². The first-order chi connectivity index (χ1) is 14.7. The highest BCUT2D eigenvalue weighted by Gasteiger charge is 2.55. The van der Waals surface area contributed by atoms with Gasteiger partial charge in [0.05, 0.1) is 13.2 Å². The Morgan fingerprint density at radius 1 is 1.03 bits per heavy atom. The Morgan fingerprint density at radius 3 is 2.26 bits per heavy atom. The molecule has 3 rings (SSSR count). The fraction of sp³-hybridized carbons (Fsp3) is 0.478. The first-order valence-electron chi connectivity index (χ1n) is 10.2. The molecule has 1 heterocycles. The fourth-order valence-corrected chi connectivity index (χ4v) is 3.93. The number of hydrogen-bond acceptors (Lipinski definition) is 8. The molecule has 170 valence electrons. The Balaban J connectivity index is 2.06. The first kappa shape index (κ1) is 23.6. The van der Waals surface area contributed by atoms with Gasteiger partial charge in [0.15, 0.2) is 0 Å². The second-order valence-corrected chi connectivity index (χ2v) is 7.94. The lowest BCUT2D eigenvalue weighted by Gasteiger charge is -2.47. The van der Waals surface area contributed by atoms with Crippen molar-refractivity contribution in [1.29, 1.82) is 0 Å². The molecule has 0 bridgehead atoms. The Labute approximate surface area is 180 Å². The van der Waals surface area contributed by atoms with Crippen molar-refractivity contribution < 1.29 is 40.1 Å². The van der Waals surface area contributed by atoms with E-state index in [1.165, 1.54) is 6.92 Å². The zero-order valence-corrected chi connectivity index (χ0v) is 17.5. The maximum absolute atomic E-state index is 11.4. The number of ether oxygens (including phenoxy) is 2. The smallest absolute Gasteiger partial charge is 0.222 e. The molecule has 2 aromatic rings. The van der Waals surface area contributed by atoms with Crippen LogP contribution >= 0.6 is 0 Å². The van der Waals surface area contributed by atoms with E-state index in [9.17, 15) is 30.6 Å². The third-order valence-electron chi connectivity index (χ3n) is 5.72. The van der Waals surface area contributed by atoms with E-state index in [1.807, 2.05) is 12.1 Å². The molecule has 0 aliphatic carbocycles. The van der Waals surface area contributed by atoms with Crippen LogP contribution in [0.4, 0.5) is 0 Å². The Kier molecular flexibility index (Phi) is 7.33. The van der Waals surface area contributed by atoms with Gasteiger partial charge in [-0.05, 0) is 54.7 Å². The normalized spacial score (nSPS) is 29.5. The molecule has 6 N–H and O–H groups in total. The van der Waals surface area contributed by atoms with E-state index in [0.29, 0.717) is 29.7 Å². The van der Waals surface area contributed by atoms with Crippen molar-refractivity contribution in [3.63, 3.8) is 0 Å². The Bertz CT molecular complexity index is 868. The molecule has 6 atom stereocenters. The number of rotatable bonds is 7. The van der Waals surface area contributed by atoms with Gasteiger partial charge < -0.3 is 40.1 Å². The van der Waals surface area contributed by atoms with E-state index in [0.717, 1.165) is 5.56 Å². The summed E-state index contributed by atoms with van der Waals surface area (Å²) in [5.41, 5.74) is 2.40. The summed E-state index contributed by atoms with van der Waals surface area (Å²) in [6, 6.07) is 12.5. The monoisotopic (exact) mass is 434 g/mol. The van der Waals surface area contributed by atoms with Crippen molar-refractivity contribution >= 4 is 0 Å². The van der Waals surface area contributed by atoms with Crippen LogP contribution in [0.3, 0.4) is 0 Å². The van der Waals surface area contributed by atoms with Crippen LogP contribution in [-0.4, -0.2) is 74.9 Å². The number of benzene rings is 2. The molecule has 0 spiro atoms. The quantitative estimate of drug-likeness (QED) is 0.353. The van der Waals surface area contributed by atoms with Gasteiger partial charge in [0, 0.05) is 12.2 Å². The molecule has 2 aromatic carbocycles. The average molecular weight is 434 g/mol. The summed E-state index contributed by atoms with van der Waals surface area (Å²) >= 11 is 0. The molecule has 0 radical (unpaired) electrons. The van der Waals surface area contributed by atoms with Crippen LogP contribution in [0.2, 0.25) is 0 Å². The van der Waals surface area contributed by atoms with Gasteiger partial charge in [-0.3, -0.25) is 0 Å². The van der Waals surface area contributed by atoms with Crippen molar-refractivity contribution in [3.05, 3.63) is 64.7 Å². The lowest BCUT2D eigenvalue weighted by Crippen LogP contribution is -2.65. The van der Waals surface area contributed by atoms with Crippen LogP contribution in [0, 0.1) is 0 Å². The maximum atomic E-state index is 11.4. The molecule has 0 amide bonds. The molecule has 1 aliphatic heterocycles. The number of methoxy groups -OCH3 is 1. The summed E-state index contributed by atoms with van der Waals surface area (Å²) in [6.45, 7) is 1.25. The highest BCUT2D eigenvalue weighted by molar-refractivity contribution is 5.41. The van der Waals surface area contributed by atoms with Gasteiger partial charge in [-0.25, -0.2) is 0 Å². The fourth-order valence-electron chi connectivity index (χ4n) is 3.93. The molecule has 0 aromatic heterocycles. The predicted octanol–water partition coefficient (Wildman–Crippen LogP) is -0.172. The van der Waals surface area contributed by atoms with Crippen LogP contribution in [-0.2, 0) is 23.4 Å².